The number of aliphatic carboxylic acids is 1. The van der Waals surface area contributed by atoms with E-state index in [1.807, 2.05) is 10.8 Å². The molecule has 1 N–H and O–H groups in total. The van der Waals surface area contributed by atoms with Crippen molar-refractivity contribution in [1.29, 1.82) is 0 Å². The van der Waals surface area contributed by atoms with Gasteiger partial charge in [-0.3, -0.25) is 0 Å². The van der Waals surface area contributed by atoms with E-state index in [4.69, 9.17) is 0 Å². The summed E-state index contributed by atoms with van der Waals surface area (Å²) in [5, 5.41) is 11.7. The quantitative estimate of drug-likeness (QED) is 0.157. The number of aldehydes is 1. The number of nitrogens with zero attached hydrogens (tertiary/aromatic N) is 2. The van der Waals surface area contributed by atoms with Crippen LogP contribution >= 0.6 is 46.6 Å². The van der Waals surface area contributed by atoms with Crippen LogP contribution in [-0.2, 0) is 16.1 Å². The first-order valence-corrected chi connectivity index (χ1v) is 17.7. The number of allylic oxidation sites excluding steroid dienone is 6. The fourth-order valence-electron chi connectivity index (χ4n) is 5.75. The molecule has 0 radical (unpaired) electrons. The molecular formula is C32H31N2O3S4+. The minimum Gasteiger partial charge on any atom is -0.477 e. The lowest BCUT2D eigenvalue weighted by atomic mass is 9.77. The van der Waals surface area contributed by atoms with Gasteiger partial charge in [0.05, 0.1) is 17.3 Å². The van der Waals surface area contributed by atoms with Gasteiger partial charge in [0.25, 0.3) is 5.01 Å². The minimum atomic E-state index is -0.834. The molecule has 0 amide bonds. The van der Waals surface area contributed by atoms with Gasteiger partial charge in [-0.1, -0.05) is 35.3 Å². The number of carboxylic acids is 1. The van der Waals surface area contributed by atoms with Gasteiger partial charge in [0.15, 0.2) is 0 Å². The monoisotopic (exact) mass is 619 g/mol. The number of thioether (sulfide) groups is 3. The maximum absolute atomic E-state index is 11.8. The summed E-state index contributed by atoms with van der Waals surface area (Å²) in [4.78, 5) is 29.0. The van der Waals surface area contributed by atoms with E-state index < -0.39 is 5.97 Å². The van der Waals surface area contributed by atoms with Gasteiger partial charge in [0.1, 0.15) is 11.0 Å². The largest absolute Gasteiger partial charge is 0.477 e. The zero-order valence-corrected chi connectivity index (χ0v) is 26.2. The molecule has 2 aliphatic carbocycles. The van der Waals surface area contributed by atoms with Crippen molar-refractivity contribution in [2.45, 2.75) is 46.9 Å². The van der Waals surface area contributed by atoms with Crippen LogP contribution in [0.3, 0.4) is 0 Å². The molecule has 3 aromatic rings. The summed E-state index contributed by atoms with van der Waals surface area (Å²) < 4.78 is 3.04. The Kier molecular flexibility index (Phi) is 8.49. The summed E-state index contributed by atoms with van der Waals surface area (Å²) in [5.41, 5.74) is 5.97. The first kappa shape index (κ1) is 28.4. The summed E-state index contributed by atoms with van der Waals surface area (Å²) in [6, 6.07) is 12.8. The molecule has 1 aromatic heterocycles. The number of fused-ring (bicyclic) bond motifs is 3. The van der Waals surface area contributed by atoms with E-state index in [1.54, 1.807) is 46.6 Å². The molecular weight excluding hydrogens is 589 g/mol. The molecule has 41 heavy (non-hydrogen) atoms. The summed E-state index contributed by atoms with van der Waals surface area (Å²) in [6.07, 6.45) is 18.4. The third kappa shape index (κ3) is 5.95. The van der Waals surface area contributed by atoms with Gasteiger partial charge >= 0.3 is 5.97 Å². The smallest absolute Gasteiger partial charge is 0.370 e. The highest BCUT2D eigenvalue weighted by Gasteiger charge is 2.28. The number of rotatable bonds is 8. The van der Waals surface area contributed by atoms with Gasteiger partial charge in [0, 0.05) is 26.8 Å². The molecule has 210 valence electrons. The Morgan fingerprint density at radius 1 is 1.07 bits per heavy atom. The number of aromatic nitrogens is 1. The number of carbonyl (C=O) groups excluding carboxylic acids is 1. The highest BCUT2D eigenvalue weighted by atomic mass is 32.2. The number of benzene rings is 2. The topological polar surface area (TPSA) is 61.5 Å². The lowest BCUT2D eigenvalue weighted by Crippen LogP contribution is -2.39. The van der Waals surface area contributed by atoms with Gasteiger partial charge in [-0.25, -0.2) is 4.79 Å². The Labute approximate surface area is 257 Å². The summed E-state index contributed by atoms with van der Waals surface area (Å²) in [5.74, 6) is -0.283. The van der Waals surface area contributed by atoms with Gasteiger partial charge in [-0.2, -0.15) is 4.57 Å². The average molecular weight is 620 g/mol. The van der Waals surface area contributed by atoms with E-state index in [9.17, 15) is 14.7 Å². The highest BCUT2D eigenvalue weighted by Crippen LogP contribution is 2.48. The molecule has 9 heteroatoms. The Bertz CT molecular complexity index is 1670. The fourth-order valence-corrected chi connectivity index (χ4v) is 8.86. The molecule has 1 unspecified atom stereocenters. The standard InChI is InChI=1S/C32H30N2O3S4/c1-38-24-7-9-28-26(17-24)33(11-12-35)30(40-28)15-20-3-5-22-6-4-21(14-23(22)13-20)16-31-34(19-32(36)37)27-18-25(39-2)8-10-29(27)41-31/h7-10,12-18,22H,3-6,11,19H2,1-2H3/p+1. The van der Waals surface area contributed by atoms with Crippen LogP contribution < -0.4 is 9.47 Å². The SMILES string of the molecule is CSc1ccc2c(c1)N(CC=O)C(=CC1=CC3=CC(=Cc4sc5ccc(SC)cc5[n+]4CC(=O)O)CCC3CC1)S2. The van der Waals surface area contributed by atoms with E-state index in [2.05, 4.69) is 71.9 Å². The van der Waals surface area contributed by atoms with Crippen LogP contribution in [-0.4, -0.2) is 36.4 Å². The number of anilines is 1. The summed E-state index contributed by atoms with van der Waals surface area (Å²) in [7, 11) is 0. The maximum atomic E-state index is 11.8. The van der Waals surface area contributed by atoms with E-state index in [-0.39, 0.29) is 6.54 Å². The van der Waals surface area contributed by atoms with Gasteiger partial charge in [-0.05, 0) is 97.2 Å². The number of thiazole rings is 1. The molecule has 2 heterocycles. The van der Waals surface area contributed by atoms with E-state index >= 15 is 0 Å². The molecule has 0 saturated carbocycles. The third-order valence-electron chi connectivity index (χ3n) is 7.78. The summed E-state index contributed by atoms with van der Waals surface area (Å²) >= 11 is 6.77. The lowest BCUT2D eigenvalue weighted by Gasteiger charge is -2.28. The number of hydrogen-bond acceptors (Lipinski definition) is 7. The maximum Gasteiger partial charge on any atom is 0.370 e. The van der Waals surface area contributed by atoms with Crippen molar-refractivity contribution in [2.24, 2.45) is 5.92 Å². The molecule has 1 aliphatic heterocycles. The first-order chi connectivity index (χ1) is 19.9. The van der Waals surface area contributed by atoms with Crippen LogP contribution in [0.4, 0.5) is 5.69 Å². The van der Waals surface area contributed by atoms with Gasteiger partial charge in [-0.15, -0.1) is 23.5 Å². The van der Waals surface area contributed by atoms with Crippen molar-refractivity contribution >= 4 is 80.9 Å². The number of carbonyl (C=O) groups is 2. The molecule has 0 fully saturated rings. The van der Waals surface area contributed by atoms with E-state index in [0.29, 0.717) is 12.5 Å². The predicted molar refractivity (Wildman–Crippen MR) is 173 cm³/mol. The molecule has 2 aromatic carbocycles. The normalized spacial score (nSPS) is 20.2. The Hall–Kier alpha value is -2.72. The van der Waals surface area contributed by atoms with Crippen LogP contribution in [0.5, 0.6) is 0 Å². The molecule has 0 spiro atoms. The van der Waals surface area contributed by atoms with E-state index in [1.165, 1.54) is 26.5 Å². The molecule has 1 atom stereocenters. The minimum absolute atomic E-state index is 0.0520. The van der Waals surface area contributed by atoms with Crippen LogP contribution in [0.1, 0.15) is 30.7 Å². The molecule has 0 bridgehead atoms. The van der Waals surface area contributed by atoms with Crippen LogP contribution in [0.2, 0.25) is 0 Å². The van der Waals surface area contributed by atoms with E-state index in [0.717, 1.165) is 62.8 Å². The van der Waals surface area contributed by atoms with Crippen molar-refractivity contribution in [3.63, 3.8) is 0 Å². The first-order valence-electron chi connectivity index (χ1n) is 13.6. The van der Waals surface area contributed by atoms with Gasteiger partial charge < -0.3 is 14.8 Å². The summed E-state index contributed by atoms with van der Waals surface area (Å²) in [6.45, 7) is 0.294. The molecule has 6 rings (SSSR count). The molecule has 3 aliphatic rings. The Morgan fingerprint density at radius 3 is 2.63 bits per heavy atom. The fraction of sp³-hybridized carbons (Fsp3) is 0.281. The van der Waals surface area contributed by atoms with Crippen molar-refractivity contribution in [3.8, 4) is 0 Å². The second kappa shape index (κ2) is 12.3. The van der Waals surface area contributed by atoms with Crippen LogP contribution in [0.25, 0.3) is 16.3 Å². The molecule has 0 saturated heterocycles. The Morgan fingerprint density at radius 2 is 1.85 bits per heavy atom. The third-order valence-corrected chi connectivity index (χ3v) is 11.5. The zero-order valence-electron chi connectivity index (χ0n) is 23.0. The van der Waals surface area contributed by atoms with Crippen LogP contribution in [0.15, 0.2) is 91.1 Å². The van der Waals surface area contributed by atoms with Crippen molar-refractivity contribution in [2.75, 3.05) is 24.0 Å². The molecule has 5 nitrogen and oxygen atoms in total. The van der Waals surface area contributed by atoms with Crippen LogP contribution in [0, 0.1) is 5.92 Å². The highest BCUT2D eigenvalue weighted by molar-refractivity contribution is 8.03. The Balaban J connectivity index is 1.32. The predicted octanol–water partition coefficient (Wildman–Crippen LogP) is 7.81. The average Bonchev–Trinajstić information content (AvgIpc) is 3.48. The second-order valence-electron chi connectivity index (χ2n) is 10.3. The zero-order chi connectivity index (χ0) is 28.5. The second-order valence-corrected chi connectivity index (χ2v) is 14.2. The van der Waals surface area contributed by atoms with Crippen molar-refractivity contribution < 1.29 is 19.3 Å². The van der Waals surface area contributed by atoms with Crippen molar-refractivity contribution in [3.05, 3.63) is 81.4 Å². The number of hydrogen-bond donors (Lipinski definition) is 1. The lowest BCUT2D eigenvalue weighted by molar-refractivity contribution is -0.657. The number of carboxylic acid groups (broad SMARTS) is 1. The van der Waals surface area contributed by atoms with Crippen molar-refractivity contribution in [1.82, 2.24) is 0 Å². The van der Waals surface area contributed by atoms with Gasteiger partial charge in [0.2, 0.25) is 12.1 Å².